The normalized spacial score (nSPS) is 17.0. The number of rotatable bonds is 8. The minimum atomic E-state index is -1.05. The molecule has 37 heavy (non-hydrogen) atoms. The van der Waals surface area contributed by atoms with Crippen LogP contribution in [0.1, 0.15) is 36.6 Å². The van der Waals surface area contributed by atoms with Gasteiger partial charge in [-0.1, -0.05) is 50.2 Å². The maximum absolute atomic E-state index is 13.8. The van der Waals surface area contributed by atoms with Crippen molar-refractivity contribution in [3.05, 3.63) is 101 Å². The minimum Gasteiger partial charge on any atom is -0.438 e. The summed E-state index contributed by atoms with van der Waals surface area (Å²) in [5.41, 5.74) is 2.31. The molecular formula is C28H27F2N3O4. The summed E-state index contributed by atoms with van der Waals surface area (Å²) in [6.45, 7) is 3.64. The Hall–Kier alpha value is -4.27. The van der Waals surface area contributed by atoms with E-state index in [0.29, 0.717) is 22.4 Å². The second-order valence-electron chi connectivity index (χ2n) is 9.12. The quantitative estimate of drug-likeness (QED) is 0.452. The molecule has 7 nitrogen and oxygen atoms in total. The molecule has 0 aromatic heterocycles. The lowest BCUT2D eigenvalue weighted by Gasteiger charge is -2.24. The van der Waals surface area contributed by atoms with E-state index < -0.39 is 30.0 Å². The zero-order valence-electron chi connectivity index (χ0n) is 20.4. The Kier molecular flexibility index (Phi) is 7.81. The Balaban J connectivity index is 1.58. The van der Waals surface area contributed by atoms with Crippen molar-refractivity contribution in [2.24, 2.45) is 5.92 Å². The fourth-order valence-corrected chi connectivity index (χ4v) is 3.98. The molecule has 192 valence electrons. The summed E-state index contributed by atoms with van der Waals surface area (Å²) in [7, 11) is 0. The fourth-order valence-electron chi connectivity index (χ4n) is 3.98. The van der Waals surface area contributed by atoms with Gasteiger partial charge in [0.15, 0.2) is 12.1 Å². The predicted octanol–water partition coefficient (Wildman–Crippen LogP) is 4.94. The largest absolute Gasteiger partial charge is 0.438 e. The number of amides is 3. The second kappa shape index (κ2) is 11.2. The third kappa shape index (κ3) is 6.30. The van der Waals surface area contributed by atoms with Crippen molar-refractivity contribution in [2.75, 3.05) is 5.32 Å². The Labute approximate surface area is 213 Å². The standard InChI is InChI=1S/C28H27F2N3O4/c1-17(2)26(34)32-23-12-8-20(9-13-23)25-24(27(35)31-15-18-6-10-21(29)11-7-18)33(28(36)37-25)16-19-4-3-5-22(30)14-19/h3-14,17,24-25H,15-16H2,1-2H3,(H,31,35)(H,32,34). The molecule has 4 rings (SSSR count). The smallest absolute Gasteiger partial charge is 0.411 e. The van der Waals surface area contributed by atoms with Crippen LogP contribution in [0.15, 0.2) is 72.8 Å². The number of hydrogen-bond acceptors (Lipinski definition) is 4. The first kappa shape index (κ1) is 25.8. The van der Waals surface area contributed by atoms with E-state index >= 15 is 0 Å². The number of carbonyl (C=O) groups excluding carboxylic acids is 3. The van der Waals surface area contributed by atoms with Crippen molar-refractivity contribution >= 4 is 23.6 Å². The molecule has 3 aromatic rings. The van der Waals surface area contributed by atoms with Crippen LogP contribution in [-0.4, -0.2) is 28.8 Å². The number of anilines is 1. The van der Waals surface area contributed by atoms with Crippen molar-refractivity contribution in [2.45, 2.75) is 39.1 Å². The average molecular weight is 508 g/mol. The maximum atomic E-state index is 13.8. The molecule has 0 aliphatic carbocycles. The molecule has 3 aromatic carbocycles. The molecule has 9 heteroatoms. The molecule has 1 aliphatic heterocycles. The number of hydrogen-bond donors (Lipinski definition) is 2. The van der Waals surface area contributed by atoms with Crippen molar-refractivity contribution in [3.8, 4) is 0 Å². The molecule has 1 saturated heterocycles. The van der Waals surface area contributed by atoms with Gasteiger partial charge in [0.2, 0.25) is 11.8 Å². The first-order valence-corrected chi connectivity index (χ1v) is 11.9. The lowest BCUT2D eigenvalue weighted by atomic mass is 10.00. The molecule has 2 unspecified atom stereocenters. The van der Waals surface area contributed by atoms with Crippen molar-refractivity contribution in [1.29, 1.82) is 0 Å². The topological polar surface area (TPSA) is 87.7 Å². The van der Waals surface area contributed by atoms with E-state index in [4.69, 9.17) is 4.74 Å². The lowest BCUT2D eigenvalue weighted by Crippen LogP contribution is -2.46. The van der Waals surface area contributed by atoms with Crippen LogP contribution in [0.4, 0.5) is 19.3 Å². The highest BCUT2D eigenvalue weighted by atomic mass is 19.1. The first-order valence-electron chi connectivity index (χ1n) is 11.9. The third-order valence-corrected chi connectivity index (χ3v) is 6.01. The number of nitrogens with zero attached hydrogens (tertiary/aromatic N) is 1. The summed E-state index contributed by atoms with van der Waals surface area (Å²) in [4.78, 5) is 39.5. The van der Waals surface area contributed by atoms with Gasteiger partial charge >= 0.3 is 6.09 Å². The van der Waals surface area contributed by atoms with Crippen LogP contribution in [0, 0.1) is 17.6 Å². The van der Waals surface area contributed by atoms with Gasteiger partial charge in [-0.2, -0.15) is 0 Å². The van der Waals surface area contributed by atoms with Gasteiger partial charge in [0.05, 0.1) is 6.54 Å². The van der Waals surface area contributed by atoms with Crippen molar-refractivity contribution < 1.29 is 27.9 Å². The molecule has 1 aliphatic rings. The van der Waals surface area contributed by atoms with Crippen LogP contribution >= 0.6 is 0 Å². The van der Waals surface area contributed by atoms with Crippen LogP contribution in [0.2, 0.25) is 0 Å². The van der Waals surface area contributed by atoms with E-state index in [1.165, 1.54) is 35.2 Å². The molecule has 0 bridgehead atoms. The van der Waals surface area contributed by atoms with Crippen LogP contribution in [-0.2, 0) is 27.4 Å². The van der Waals surface area contributed by atoms with Gasteiger partial charge in [-0.25, -0.2) is 13.6 Å². The summed E-state index contributed by atoms with van der Waals surface area (Å²) < 4.78 is 32.6. The highest BCUT2D eigenvalue weighted by molar-refractivity contribution is 5.92. The molecular weight excluding hydrogens is 480 g/mol. The number of nitrogens with one attached hydrogen (secondary N) is 2. The van der Waals surface area contributed by atoms with Gasteiger partial charge in [0.25, 0.3) is 0 Å². The van der Waals surface area contributed by atoms with Gasteiger partial charge in [0, 0.05) is 18.2 Å². The van der Waals surface area contributed by atoms with E-state index in [0.717, 1.165) is 0 Å². The number of halogens is 2. The van der Waals surface area contributed by atoms with Crippen LogP contribution in [0.5, 0.6) is 0 Å². The van der Waals surface area contributed by atoms with Crippen molar-refractivity contribution in [3.63, 3.8) is 0 Å². The summed E-state index contributed by atoms with van der Waals surface area (Å²) in [5, 5.41) is 5.58. The summed E-state index contributed by atoms with van der Waals surface area (Å²) in [5.74, 6) is -1.66. The van der Waals surface area contributed by atoms with E-state index in [1.54, 1.807) is 56.3 Å². The number of ether oxygens (including phenoxy) is 1. The zero-order valence-corrected chi connectivity index (χ0v) is 20.4. The van der Waals surface area contributed by atoms with E-state index in [2.05, 4.69) is 10.6 Å². The summed E-state index contributed by atoms with van der Waals surface area (Å²) >= 11 is 0. The molecule has 1 fully saturated rings. The van der Waals surface area contributed by atoms with Crippen LogP contribution in [0.3, 0.4) is 0 Å². The number of cyclic esters (lactones) is 1. The Bertz CT molecular complexity index is 1280. The molecule has 2 N–H and O–H groups in total. The van der Waals surface area contributed by atoms with Crippen molar-refractivity contribution in [1.82, 2.24) is 10.2 Å². The predicted molar refractivity (Wildman–Crippen MR) is 133 cm³/mol. The monoisotopic (exact) mass is 507 g/mol. The maximum Gasteiger partial charge on any atom is 0.411 e. The Morgan fingerprint density at radius 1 is 0.946 bits per heavy atom. The summed E-state index contributed by atoms with van der Waals surface area (Å²) in [6.07, 6.45) is -1.66. The molecule has 0 radical (unpaired) electrons. The molecule has 0 saturated carbocycles. The van der Waals surface area contributed by atoms with Crippen LogP contribution < -0.4 is 10.6 Å². The SMILES string of the molecule is CC(C)C(=O)Nc1ccc(C2OC(=O)N(Cc3cccc(F)c3)C2C(=O)NCc2ccc(F)cc2)cc1. The van der Waals surface area contributed by atoms with Gasteiger partial charge in [0.1, 0.15) is 11.6 Å². The lowest BCUT2D eigenvalue weighted by molar-refractivity contribution is -0.126. The molecule has 3 amide bonds. The third-order valence-electron chi connectivity index (χ3n) is 6.01. The minimum absolute atomic E-state index is 0.0374. The van der Waals surface area contributed by atoms with Gasteiger partial charge < -0.3 is 15.4 Å². The zero-order chi connectivity index (χ0) is 26.5. The van der Waals surface area contributed by atoms with Gasteiger partial charge in [-0.3, -0.25) is 14.5 Å². The average Bonchev–Trinajstić information content (AvgIpc) is 3.19. The number of benzene rings is 3. The number of carbonyl (C=O) groups is 3. The fraction of sp³-hybridized carbons (Fsp3) is 0.250. The van der Waals surface area contributed by atoms with Crippen LogP contribution in [0.25, 0.3) is 0 Å². The second-order valence-corrected chi connectivity index (χ2v) is 9.12. The first-order chi connectivity index (χ1) is 17.7. The van der Waals surface area contributed by atoms with E-state index in [9.17, 15) is 23.2 Å². The highest BCUT2D eigenvalue weighted by Crippen LogP contribution is 2.34. The van der Waals surface area contributed by atoms with E-state index in [-0.39, 0.29) is 30.7 Å². The molecule has 1 heterocycles. The Morgan fingerprint density at radius 2 is 1.65 bits per heavy atom. The van der Waals surface area contributed by atoms with Gasteiger partial charge in [-0.05, 0) is 53.1 Å². The van der Waals surface area contributed by atoms with E-state index in [1.807, 2.05) is 0 Å². The van der Waals surface area contributed by atoms with Gasteiger partial charge in [-0.15, -0.1) is 0 Å². The highest BCUT2D eigenvalue weighted by Gasteiger charge is 2.47. The Morgan fingerprint density at radius 3 is 2.30 bits per heavy atom. The molecule has 2 atom stereocenters. The summed E-state index contributed by atoms with van der Waals surface area (Å²) in [6, 6.07) is 17.1. The molecule has 0 spiro atoms.